The Morgan fingerprint density at radius 1 is 1.47 bits per heavy atom. The summed E-state index contributed by atoms with van der Waals surface area (Å²) in [7, 11) is 0. The molecule has 1 saturated heterocycles. The highest BCUT2D eigenvalue weighted by Crippen LogP contribution is 2.29. The molecule has 0 amide bonds. The number of halogens is 1. The van der Waals surface area contributed by atoms with Gasteiger partial charge in [0.25, 0.3) is 5.69 Å². The van der Waals surface area contributed by atoms with Crippen molar-refractivity contribution in [2.45, 2.75) is 18.4 Å². The van der Waals surface area contributed by atoms with Crippen molar-refractivity contribution in [3.05, 3.63) is 33.3 Å². The fraction of sp³-hybridized carbons (Fsp3) is 0.500. The van der Waals surface area contributed by atoms with Gasteiger partial charge < -0.3 is 15.2 Å². The second-order valence-electron chi connectivity index (χ2n) is 4.61. The van der Waals surface area contributed by atoms with Gasteiger partial charge in [-0.25, -0.2) is 0 Å². The Kier molecular flexibility index (Phi) is 4.24. The highest BCUT2D eigenvalue weighted by atomic mass is 35.5. The van der Waals surface area contributed by atoms with Crippen LogP contribution in [0.25, 0.3) is 0 Å². The Morgan fingerprint density at radius 2 is 2.16 bits per heavy atom. The Morgan fingerprint density at radius 3 is 2.79 bits per heavy atom. The average molecular weight is 287 g/mol. The molecular formula is C12H15ClN2O4. The van der Waals surface area contributed by atoms with E-state index >= 15 is 0 Å². The SMILES string of the molecule is O=[N+]([O-])c1ccc(Cl)cc1NCC1(O)CCOCC1. The standard InChI is InChI=1S/C12H15ClN2O4/c13-9-1-2-11(15(17)18)10(7-9)14-8-12(16)3-5-19-6-4-12/h1-2,7,14,16H,3-6,8H2. The lowest BCUT2D eigenvalue weighted by molar-refractivity contribution is -0.384. The summed E-state index contributed by atoms with van der Waals surface area (Å²) in [6.07, 6.45) is 1.02. The summed E-state index contributed by atoms with van der Waals surface area (Å²) in [5, 5.41) is 24.5. The Hall–Kier alpha value is -1.37. The van der Waals surface area contributed by atoms with Crippen molar-refractivity contribution in [1.29, 1.82) is 0 Å². The van der Waals surface area contributed by atoms with Crippen LogP contribution in [0.2, 0.25) is 5.02 Å². The minimum absolute atomic E-state index is 0.0555. The van der Waals surface area contributed by atoms with Crippen molar-refractivity contribution in [3.8, 4) is 0 Å². The molecule has 2 rings (SSSR count). The number of ether oxygens (including phenoxy) is 1. The zero-order valence-electron chi connectivity index (χ0n) is 10.3. The predicted molar refractivity (Wildman–Crippen MR) is 71.6 cm³/mol. The molecule has 0 aromatic heterocycles. The van der Waals surface area contributed by atoms with E-state index < -0.39 is 10.5 Å². The number of rotatable bonds is 4. The largest absolute Gasteiger partial charge is 0.388 e. The first-order valence-electron chi connectivity index (χ1n) is 5.98. The van der Waals surface area contributed by atoms with Gasteiger partial charge in [-0.05, 0) is 12.1 Å². The molecule has 1 aromatic rings. The molecule has 0 unspecified atom stereocenters. The van der Waals surface area contributed by atoms with Gasteiger partial charge in [0.1, 0.15) is 5.69 Å². The van der Waals surface area contributed by atoms with E-state index in [2.05, 4.69) is 5.32 Å². The maximum Gasteiger partial charge on any atom is 0.292 e. The number of anilines is 1. The fourth-order valence-corrected chi connectivity index (χ4v) is 2.17. The van der Waals surface area contributed by atoms with Crippen LogP contribution in [0.1, 0.15) is 12.8 Å². The summed E-state index contributed by atoms with van der Waals surface area (Å²) in [6.45, 7) is 1.23. The molecule has 1 aliphatic rings. The van der Waals surface area contributed by atoms with E-state index in [-0.39, 0.29) is 12.2 Å². The molecule has 7 heteroatoms. The molecule has 0 radical (unpaired) electrons. The van der Waals surface area contributed by atoms with Crippen LogP contribution in [0, 0.1) is 10.1 Å². The van der Waals surface area contributed by atoms with Crippen LogP contribution in [0.5, 0.6) is 0 Å². The van der Waals surface area contributed by atoms with Crippen molar-refractivity contribution < 1.29 is 14.8 Å². The van der Waals surface area contributed by atoms with Crippen molar-refractivity contribution in [1.82, 2.24) is 0 Å². The molecule has 1 aromatic carbocycles. The molecule has 0 saturated carbocycles. The minimum atomic E-state index is -0.894. The Labute approximate surface area is 115 Å². The number of nitrogens with one attached hydrogen (secondary N) is 1. The van der Waals surface area contributed by atoms with E-state index in [4.69, 9.17) is 16.3 Å². The van der Waals surface area contributed by atoms with E-state index in [0.717, 1.165) is 0 Å². The molecule has 0 atom stereocenters. The van der Waals surface area contributed by atoms with Crippen LogP contribution >= 0.6 is 11.6 Å². The van der Waals surface area contributed by atoms with Gasteiger partial charge >= 0.3 is 0 Å². The van der Waals surface area contributed by atoms with Crippen molar-refractivity contribution in [2.75, 3.05) is 25.1 Å². The van der Waals surface area contributed by atoms with Gasteiger partial charge in [-0.2, -0.15) is 0 Å². The number of nitro groups is 1. The van der Waals surface area contributed by atoms with Crippen LogP contribution in [-0.4, -0.2) is 35.4 Å². The molecule has 104 valence electrons. The maximum absolute atomic E-state index is 10.9. The van der Waals surface area contributed by atoms with Gasteiger partial charge in [-0.3, -0.25) is 10.1 Å². The van der Waals surface area contributed by atoms with Gasteiger partial charge in [0.05, 0.1) is 10.5 Å². The topological polar surface area (TPSA) is 84.6 Å². The fourth-order valence-electron chi connectivity index (χ4n) is 2.00. The van der Waals surface area contributed by atoms with Gasteiger partial charge in [0, 0.05) is 43.7 Å². The van der Waals surface area contributed by atoms with E-state index in [0.29, 0.717) is 36.8 Å². The number of hydrogen-bond acceptors (Lipinski definition) is 5. The first-order chi connectivity index (χ1) is 9.00. The molecular weight excluding hydrogens is 272 g/mol. The van der Waals surface area contributed by atoms with E-state index in [1.807, 2.05) is 0 Å². The third-order valence-corrected chi connectivity index (χ3v) is 3.42. The normalized spacial score (nSPS) is 18.0. The Balaban J connectivity index is 2.10. The number of hydrogen-bond donors (Lipinski definition) is 2. The maximum atomic E-state index is 10.9. The summed E-state index contributed by atoms with van der Waals surface area (Å²) in [5.74, 6) is 0. The molecule has 19 heavy (non-hydrogen) atoms. The van der Waals surface area contributed by atoms with Crippen LogP contribution in [0.4, 0.5) is 11.4 Å². The highest BCUT2D eigenvalue weighted by molar-refractivity contribution is 6.31. The highest BCUT2D eigenvalue weighted by Gasteiger charge is 2.30. The quantitative estimate of drug-likeness (QED) is 0.655. The van der Waals surface area contributed by atoms with Crippen LogP contribution in [0.3, 0.4) is 0 Å². The zero-order valence-corrected chi connectivity index (χ0v) is 11.0. The first-order valence-corrected chi connectivity index (χ1v) is 6.36. The van der Waals surface area contributed by atoms with Crippen LogP contribution in [0.15, 0.2) is 18.2 Å². The van der Waals surface area contributed by atoms with Crippen molar-refractivity contribution >= 4 is 23.0 Å². The third kappa shape index (κ3) is 3.56. The van der Waals surface area contributed by atoms with E-state index in [1.54, 1.807) is 0 Å². The summed E-state index contributed by atoms with van der Waals surface area (Å²) in [5.41, 5.74) is -0.633. The smallest absolute Gasteiger partial charge is 0.292 e. The molecule has 1 heterocycles. The molecule has 2 N–H and O–H groups in total. The van der Waals surface area contributed by atoms with E-state index in [1.165, 1.54) is 18.2 Å². The molecule has 6 nitrogen and oxygen atoms in total. The number of aliphatic hydroxyl groups is 1. The zero-order chi connectivity index (χ0) is 13.9. The number of nitrogens with zero attached hydrogens (tertiary/aromatic N) is 1. The predicted octanol–water partition coefficient (Wildman–Crippen LogP) is 2.20. The lowest BCUT2D eigenvalue weighted by Gasteiger charge is -2.32. The minimum Gasteiger partial charge on any atom is -0.388 e. The average Bonchev–Trinajstić information content (AvgIpc) is 2.37. The second-order valence-corrected chi connectivity index (χ2v) is 5.05. The molecule has 0 aliphatic carbocycles. The Bertz CT molecular complexity index is 475. The second kappa shape index (κ2) is 5.73. The summed E-state index contributed by atoms with van der Waals surface area (Å²) < 4.78 is 5.18. The monoisotopic (exact) mass is 286 g/mol. The first kappa shape index (κ1) is 14.0. The number of benzene rings is 1. The van der Waals surface area contributed by atoms with Crippen LogP contribution < -0.4 is 5.32 Å². The van der Waals surface area contributed by atoms with E-state index in [9.17, 15) is 15.2 Å². The van der Waals surface area contributed by atoms with Gasteiger partial charge in [-0.15, -0.1) is 0 Å². The summed E-state index contributed by atoms with van der Waals surface area (Å²) in [6, 6.07) is 4.30. The van der Waals surface area contributed by atoms with Crippen molar-refractivity contribution in [2.24, 2.45) is 0 Å². The third-order valence-electron chi connectivity index (χ3n) is 3.19. The summed E-state index contributed by atoms with van der Waals surface area (Å²) >= 11 is 5.83. The van der Waals surface area contributed by atoms with Crippen molar-refractivity contribution in [3.63, 3.8) is 0 Å². The summed E-state index contributed by atoms with van der Waals surface area (Å²) in [4.78, 5) is 10.4. The van der Waals surface area contributed by atoms with Gasteiger partial charge in [-0.1, -0.05) is 11.6 Å². The molecule has 1 fully saturated rings. The van der Waals surface area contributed by atoms with Gasteiger partial charge in [0.15, 0.2) is 0 Å². The lowest BCUT2D eigenvalue weighted by Crippen LogP contribution is -2.42. The number of nitro benzene ring substituents is 1. The van der Waals surface area contributed by atoms with Gasteiger partial charge in [0.2, 0.25) is 0 Å². The molecule has 0 bridgehead atoms. The molecule has 0 spiro atoms. The molecule has 1 aliphatic heterocycles. The van der Waals surface area contributed by atoms with Crippen LogP contribution in [-0.2, 0) is 4.74 Å². The lowest BCUT2D eigenvalue weighted by atomic mass is 9.94.